The molecule has 3 N–H and O–H groups in total. The van der Waals surface area contributed by atoms with Gasteiger partial charge in [-0.05, 0) is 29.3 Å². The van der Waals surface area contributed by atoms with Gasteiger partial charge in [0.1, 0.15) is 11.9 Å². The van der Waals surface area contributed by atoms with Crippen molar-refractivity contribution < 1.29 is 9.53 Å². The zero-order valence-corrected chi connectivity index (χ0v) is 17.8. The van der Waals surface area contributed by atoms with E-state index in [0.717, 1.165) is 23.7 Å². The van der Waals surface area contributed by atoms with Gasteiger partial charge in [0, 0.05) is 32.6 Å². The summed E-state index contributed by atoms with van der Waals surface area (Å²) in [5, 5.41) is 9.20. The molecule has 1 aliphatic rings. The molecule has 0 fully saturated rings. The number of ether oxygens (including phenoxy) is 1. The molecule has 1 amide bonds. The average molecular weight is 480 g/mol. The standard InChI is InChI=1S/C20H24N4O2.HI/c1-21-19(25)15-9-7-14(8-10-15)12-23-20(22-2)24-13-17-11-16-5-3-4-6-18(16)26-17;/h3-10,17H,11-13H2,1-2H3,(H,21,25)(H2,22,23,24);1H. The zero-order valence-electron chi connectivity index (χ0n) is 15.5. The third kappa shape index (κ3) is 5.59. The lowest BCUT2D eigenvalue weighted by atomic mass is 10.1. The number of hydrogen-bond donors (Lipinski definition) is 3. The van der Waals surface area contributed by atoms with Crippen LogP contribution in [0.5, 0.6) is 5.75 Å². The van der Waals surface area contributed by atoms with Crippen molar-refractivity contribution in [2.24, 2.45) is 4.99 Å². The first-order valence-electron chi connectivity index (χ1n) is 8.69. The molecule has 1 unspecified atom stereocenters. The van der Waals surface area contributed by atoms with Crippen molar-refractivity contribution in [1.82, 2.24) is 16.0 Å². The van der Waals surface area contributed by atoms with E-state index in [2.05, 4.69) is 27.0 Å². The summed E-state index contributed by atoms with van der Waals surface area (Å²) in [5.74, 6) is 1.61. The second kappa shape index (κ2) is 10.1. The van der Waals surface area contributed by atoms with Gasteiger partial charge in [0.2, 0.25) is 0 Å². The second-order valence-corrected chi connectivity index (χ2v) is 6.13. The first-order valence-corrected chi connectivity index (χ1v) is 8.69. The number of nitrogens with zero attached hydrogens (tertiary/aromatic N) is 1. The van der Waals surface area contributed by atoms with Crippen LogP contribution in [-0.2, 0) is 13.0 Å². The molecular formula is C20H25IN4O2. The third-order valence-corrected chi connectivity index (χ3v) is 4.34. The number of amides is 1. The van der Waals surface area contributed by atoms with Crippen LogP contribution in [0.15, 0.2) is 53.5 Å². The number of carbonyl (C=O) groups is 1. The SMILES string of the molecule is CN=C(NCc1ccc(C(=O)NC)cc1)NCC1Cc2ccccc2O1.I. The van der Waals surface area contributed by atoms with Crippen LogP contribution in [0.4, 0.5) is 0 Å². The van der Waals surface area contributed by atoms with Gasteiger partial charge in [0.05, 0.1) is 6.54 Å². The molecule has 0 spiro atoms. The molecule has 1 heterocycles. The molecule has 0 bridgehead atoms. The summed E-state index contributed by atoms with van der Waals surface area (Å²) in [6, 6.07) is 15.6. The van der Waals surface area contributed by atoms with E-state index in [1.807, 2.05) is 42.5 Å². The zero-order chi connectivity index (χ0) is 18.4. The largest absolute Gasteiger partial charge is 0.488 e. The highest BCUT2D eigenvalue weighted by atomic mass is 127. The first-order chi connectivity index (χ1) is 12.7. The number of benzene rings is 2. The van der Waals surface area contributed by atoms with Crippen LogP contribution in [-0.4, -0.2) is 38.6 Å². The van der Waals surface area contributed by atoms with Crippen molar-refractivity contribution in [3.63, 3.8) is 0 Å². The van der Waals surface area contributed by atoms with Crippen LogP contribution in [0.1, 0.15) is 21.5 Å². The van der Waals surface area contributed by atoms with Crippen LogP contribution in [0.2, 0.25) is 0 Å². The molecule has 144 valence electrons. The minimum absolute atomic E-state index is 0. The van der Waals surface area contributed by atoms with Gasteiger partial charge >= 0.3 is 0 Å². The molecule has 1 atom stereocenters. The number of carbonyl (C=O) groups excluding carboxylic acids is 1. The van der Waals surface area contributed by atoms with Crippen LogP contribution < -0.4 is 20.7 Å². The number of guanidine groups is 1. The predicted octanol–water partition coefficient (Wildman–Crippen LogP) is 2.33. The van der Waals surface area contributed by atoms with Crippen LogP contribution >= 0.6 is 24.0 Å². The number of halogens is 1. The van der Waals surface area contributed by atoms with Crippen molar-refractivity contribution in [2.45, 2.75) is 19.1 Å². The van der Waals surface area contributed by atoms with Crippen molar-refractivity contribution >= 4 is 35.8 Å². The van der Waals surface area contributed by atoms with Crippen molar-refractivity contribution in [2.75, 3.05) is 20.6 Å². The maximum absolute atomic E-state index is 11.6. The number of nitrogens with one attached hydrogen (secondary N) is 3. The monoisotopic (exact) mass is 480 g/mol. The number of hydrogen-bond acceptors (Lipinski definition) is 3. The molecule has 7 heteroatoms. The number of rotatable bonds is 5. The predicted molar refractivity (Wildman–Crippen MR) is 118 cm³/mol. The first kappa shape index (κ1) is 21.0. The topological polar surface area (TPSA) is 74.8 Å². The minimum atomic E-state index is -0.0838. The molecule has 6 nitrogen and oxygen atoms in total. The molecule has 0 radical (unpaired) electrons. The third-order valence-electron chi connectivity index (χ3n) is 4.34. The van der Waals surface area contributed by atoms with E-state index in [-0.39, 0.29) is 36.0 Å². The normalized spacial score (nSPS) is 15.2. The number of aliphatic imine (C=N–C) groups is 1. The van der Waals surface area contributed by atoms with E-state index < -0.39 is 0 Å². The Morgan fingerprint density at radius 2 is 1.89 bits per heavy atom. The quantitative estimate of drug-likeness (QED) is 0.349. The molecule has 1 aliphatic heterocycles. The van der Waals surface area contributed by atoms with Gasteiger partial charge in [-0.3, -0.25) is 9.79 Å². The smallest absolute Gasteiger partial charge is 0.251 e. The Labute approximate surface area is 176 Å². The number of fused-ring (bicyclic) bond motifs is 1. The van der Waals surface area contributed by atoms with E-state index in [0.29, 0.717) is 18.7 Å². The Hall–Kier alpha value is -2.29. The average Bonchev–Trinajstić information content (AvgIpc) is 3.11. The van der Waals surface area contributed by atoms with Crippen molar-refractivity contribution in [1.29, 1.82) is 0 Å². The molecule has 0 saturated carbocycles. The summed E-state index contributed by atoms with van der Waals surface area (Å²) in [6.07, 6.45) is 1.01. The van der Waals surface area contributed by atoms with E-state index in [1.54, 1.807) is 14.1 Å². The molecule has 2 aromatic carbocycles. The lowest BCUT2D eigenvalue weighted by molar-refractivity contribution is 0.0963. The molecule has 0 aliphatic carbocycles. The van der Waals surface area contributed by atoms with E-state index >= 15 is 0 Å². The van der Waals surface area contributed by atoms with Crippen LogP contribution in [0.3, 0.4) is 0 Å². The molecule has 2 aromatic rings. The molecule has 0 saturated heterocycles. The Morgan fingerprint density at radius 3 is 2.56 bits per heavy atom. The van der Waals surface area contributed by atoms with Crippen LogP contribution in [0.25, 0.3) is 0 Å². The Bertz CT molecular complexity index is 768. The van der Waals surface area contributed by atoms with Crippen molar-refractivity contribution in [3.05, 3.63) is 65.2 Å². The molecule has 27 heavy (non-hydrogen) atoms. The fraction of sp³-hybridized carbons (Fsp3) is 0.300. The van der Waals surface area contributed by atoms with Gasteiger partial charge in [-0.2, -0.15) is 0 Å². The lowest BCUT2D eigenvalue weighted by Gasteiger charge is -2.15. The summed E-state index contributed by atoms with van der Waals surface area (Å²) >= 11 is 0. The summed E-state index contributed by atoms with van der Waals surface area (Å²) < 4.78 is 5.93. The number of para-hydroxylation sites is 1. The van der Waals surface area contributed by atoms with E-state index in [1.165, 1.54) is 5.56 Å². The maximum atomic E-state index is 11.6. The highest BCUT2D eigenvalue weighted by Gasteiger charge is 2.22. The Morgan fingerprint density at radius 1 is 1.15 bits per heavy atom. The van der Waals surface area contributed by atoms with Crippen LogP contribution in [0, 0.1) is 0 Å². The van der Waals surface area contributed by atoms with Gasteiger partial charge in [-0.1, -0.05) is 30.3 Å². The molecule has 3 rings (SSSR count). The molecule has 0 aromatic heterocycles. The Balaban J connectivity index is 0.00000261. The van der Waals surface area contributed by atoms with Gasteiger partial charge < -0.3 is 20.7 Å². The fourth-order valence-corrected chi connectivity index (χ4v) is 2.90. The van der Waals surface area contributed by atoms with E-state index in [4.69, 9.17) is 4.74 Å². The highest BCUT2D eigenvalue weighted by Crippen LogP contribution is 2.27. The van der Waals surface area contributed by atoms with Gasteiger partial charge in [-0.25, -0.2) is 0 Å². The fourth-order valence-electron chi connectivity index (χ4n) is 2.90. The summed E-state index contributed by atoms with van der Waals surface area (Å²) in [4.78, 5) is 15.8. The summed E-state index contributed by atoms with van der Waals surface area (Å²) in [7, 11) is 3.37. The van der Waals surface area contributed by atoms with Gasteiger partial charge in [0.15, 0.2) is 5.96 Å². The lowest BCUT2D eigenvalue weighted by Crippen LogP contribution is -2.41. The van der Waals surface area contributed by atoms with Gasteiger partial charge in [0.25, 0.3) is 5.91 Å². The second-order valence-electron chi connectivity index (χ2n) is 6.13. The minimum Gasteiger partial charge on any atom is -0.488 e. The van der Waals surface area contributed by atoms with E-state index in [9.17, 15) is 4.79 Å². The highest BCUT2D eigenvalue weighted by molar-refractivity contribution is 14.0. The molecular weight excluding hydrogens is 455 g/mol. The van der Waals surface area contributed by atoms with Gasteiger partial charge in [-0.15, -0.1) is 24.0 Å². The Kier molecular flexibility index (Phi) is 7.90. The van der Waals surface area contributed by atoms with Crippen molar-refractivity contribution in [3.8, 4) is 5.75 Å². The maximum Gasteiger partial charge on any atom is 0.251 e. The summed E-state index contributed by atoms with van der Waals surface area (Å²) in [5.41, 5.74) is 2.97. The summed E-state index contributed by atoms with van der Waals surface area (Å²) in [6.45, 7) is 1.31.